The summed E-state index contributed by atoms with van der Waals surface area (Å²) in [6, 6.07) is 0.789. The van der Waals surface area contributed by atoms with E-state index in [1.165, 1.54) is 11.0 Å². The fourth-order valence-electron chi connectivity index (χ4n) is 2.20. The molecule has 1 aromatic rings. The lowest BCUT2D eigenvalue weighted by atomic mass is 10.1. The Morgan fingerprint density at radius 3 is 2.36 bits per heavy atom. The summed E-state index contributed by atoms with van der Waals surface area (Å²) in [6.07, 6.45) is -2.55. The number of anilines is 1. The van der Waals surface area contributed by atoms with Crippen LogP contribution in [-0.4, -0.2) is 40.2 Å². The maximum absolute atomic E-state index is 13.2. The Kier molecular flexibility index (Phi) is 4.07. The highest BCUT2D eigenvalue weighted by Crippen LogP contribution is 2.38. The third kappa shape index (κ3) is 3.02. The van der Waals surface area contributed by atoms with Crippen LogP contribution in [0, 0.1) is 0 Å². The third-order valence-electron chi connectivity index (χ3n) is 3.23. The number of hydrogen-bond donors (Lipinski definition) is 2. The summed E-state index contributed by atoms with van der Waals surface area (Å²) in [5, 5.41) is 17.8. The minimum absolute atomic E-state index is 0.0112. The second-order valence-electron chi connectivity index (χ2n) is 4.59. The highest BCUT2D eigenvalue weighted by molar-refractivity contribution is 5.91. The maximum Gasteiger partial charge on any atom is 0.420 e. The van der Waals surface area contributed by atoms with Crippen LogP contribution in [0.4, 0.5) is 19.0 Å². The fourth-order valence-corrected chi connectivity index (χ4v) is 2.20. The van der Waals surface area contributed by atoms with Gasteiger partial charge in [0, 0.05) is 24.9 Å². The normalized spacial score (nSPS) is 15.4. The summed E-state index contributed by atoms with van der Waals surface area (Å²) in [4.78, 5) is 26.7. The van der Waals surface area contributed by atoms with Crippen LogP contribution < -0.4 is 4.90 Å². The van der Waals surface area contributed by atoms with E-state index in [9.17, 15) is 22.8 Å². The minimum atomic E-state index is -4.88. The second-order valence-corrected chi connectivity index (χ2v) is 4.59. The standard InChI is InChI=1S/C13H11F3N2O4/c14-13(15,16)9-8(12(21)22)1-4-17-10(9)18-5-2-7(3-6-18)11(19)20/h1-2,4H,3,5-6H2,(H,19,20)(H,21,22). The van der Waals surface area contributed by atoms with Crippen molar-refractivity contribution in [1.82, 2.24) is 4.98 Å². The highest BCUT2D eigenvalue weighted by atomic mass is 19.4. The van der Waals surface area contributed by atoms with Gasteiger partial charge in [0.2, 0.25) is 0 Å². The Balaban J connectivity index is 2.47. The Labute approximate surface area is 122 Å². The van der Waals surface area contributed by atoms with Crippen molar-refractivity contribution in [3.63, 3.8) is 0 Å². The molecule has 6 nitrogen and oxygen atoms in total. The summed E-state index contributed by atoms with van der Waals surface area (Å²) in [7, 11) is 0. The van der Waals surface area contributed by atoms with E-state index in [1.54, 1.807) is 0 Å². The molecule has 0 saturated carbocycles. The van der Waals surface area contributed by atoms with Crippen LogP contribution in [0.25, 0.3) is 0 Å². The maximum atomic E-state index is 13.2. The van der Waals surface area contributed by atoms with Gasteiger partial charge in [-0.1, -0.05) is 6.08 Å². The first kappa shape index (κ1) is 15.8. The molecule has 1 aliphatic rings. The number of carbonyl (C=O) groups is 2. The summed E-state index contributed by atoms with van der Waals surface area (Å²) in [6.45, 7) is -0.0714. The van der Waals surface area contributed by atoms with Crippen molar-refractivity contribution in [2.45, 2.75) is 12.6 Å². The van der Waals surface area contributed by atoms with Crippen molar-refractivity contribution in [2.75, 3.05) is 18.0 Å². The van der Waals surface area contributed by atoms with E-state index < -0.39 is 35.1 Å². The molecule has 2 heterocycles. The number of halogens is 3. The number of carboxylic acid groups (broad SMARTS) is 2. The first-order valence-electron chi connectivity index (χ1n) is 6.18. The number of rotatable bonds is 3. The van der Waals surface area contributed by atoms with Gasteiger partial charge in [-0.15, -0.1) is 0 Å². The Morgan fingerprint density at radius 1 is 1.23 bits per heavy atom. The van der Waals surface area contributed by atoms with Crippen LogP contribution in [0.5, 0.6) is 0 Å². The Hall–Kier alpha value is -2.58. The molecule has 2 rings (SSSR count). The number of aromatic nitrogens is 1. The molecule has 22 heavy (non-hydrogen) atoms. The largest absolute Gasteiger partial charge is 0.478 e. The van der Waals surface area contributed by atoms with Gasteiger partial charge in [-0.3, -0.25) is 0 Å². The lowest BCUT2D eigenvalue weighted by Crippen LogP contribution is -2.33. The zero-order valence-electron chi connectivity index (χ0n) is 11.1. The topological polar surface area (TPSA) is 90.7 Å². The van der Waals surface area contributed by atoms with Gasteiger partial charge in [0.05, 0.1) is 5.56 Å². The summed E-state index contributed by atoms with van der Waals surface area (Å²) < 4.78 is 39.6. The molecule has 9 heteroatoms. The molecule has 0 spiro atoms. The van der Waals surface area contributed by atoms with Crippen molar-refractivity contribution in [2.24, 2.45) is 0 Å². The third-order valence-corrected chi connectivity index (χ3v) is 3.23. The van der Waals surface area contributed by atoms with Crippen LogP contribution in [0.3, 0.4) is 0 Å². The number of alkyl halides is 3. The molecule has 2 N–H and O–H groups in total. The molecule has 0 unspecified atom stereocenters. The van der Waals surface area contributed by atoms with Gasteiger partial charge in [0.15, 0.2) is 0 Å². The van der Waals surface area contributed by atoms with Crippen LogP contribution in [0.2, 0.25) is 0 Å². The van der Waals surface area contributed by atoms with Gasteiger partial charge in [-0.05, 0) is 12.5 Å². The number of aliphatic carboxylic acids is 1. The van der Waals surface area contributed by atoms with Crippen molar-refractivity contribution < 1.29 is 33.0 Å². The Morgan fingerprint density at radius 2 is 1.91 bits per heavy atom. The highest BCUT2D eigenvalue weighted by Gasteiger charge is 2.40. The molecular formula is C13H11F3N2O4. The molecule has 0 bridgehead atoms. The lowest BCUT2D eigenvalue weighted by Gasteiger charge is -2.29. The van der Waals surface area contributed by atoms with Crippen molar-refractivity contribution in [1.29, 1.82) is 0 Å². The number of carboxylic acids is 2. The van der Waals surface area contributed by atoms with E-state index in [0.717, 1.165) is 12.3 Å². The van der Waals surface area contributed by atoms with Crippen LogP contribution in [0.1, 0.15) is 22.3 Å². The number of nitrogens with zero attached hydrogens (tertiary/aromatic N) is 2. The lowest BCUT2D eigenvalue weighted by molar-refractivity contribution is -0.138. The molecule has 118 valence electrons. The van der Waals surface area contributed by atoms with Gasteiger partial charge in [0.25, 0.3) is 0 Å². The van der Waals surface area contributed by atoms with E-state index in [1.807, 2.05) is 0 Å². The Bertz CT molecular complexity index is 655. The van der Waals surface area contributed by atoms with Crippen molar-refractivity contribution in [3.8, 4) is 0 Å². The molecule has 0 fully saturated rings. The van der Waals surface area contributed by atoms with Crippen molar-refractivity contribution >= 4 is 17.8 Å². The zero-order valence-corrected chi connectivity index (χ0v) is 11.1. The summed E-state index contributed by atoms with van der Waals surface area (Å²) in [5.41, 5.74) is -2.10. The molecule has 0 atom stereocenters. The van der Waals surface area contributed by atoms with Crippen LogP contribution in [-0.2, 0) is 11.0 Å². The monoisotopic (exact) mass is 316 g/mol. The average molecular weight is 316 g/mol. The van der Waals surface area contributed by atoms with Gasteiger partial charge in [0.1, 0.15) is 11.4 Å². The molecule has 1 aromatic heterocycles. The summed E-state index contributed by atoms with van der Waals surface area (Å²) in [5.74, 6) is -3.33. The number of pyridine rings is 1. The average Bonchev–Trinajstić information content (AvgIpc) is 2.45. The van der Waals surface area contributed by atoms with Gasteiger partial charge >= 0.3 is 18.1 Å². The summed E-state index contributed by atoms with van der Waals surface area (Å²) >= 11 is 0. The molecule has 0 aromatic carbocycles. The van der Waals surface area contributed by atoms with Gasteiger partial charge in [-0.2, -0.15) is 13.2 Å². The molecule has 0 radical (unpaired) electrons. The zero-order chi connectivity index (χ0) is 16.5. The van der Waals surface area contributed by atoms with Gasteiger partial charge in [-0.25, -0.2) is 14.6 Å². The molecule has 0 saturated heterocycles. The second kappa shape index (κ2) is 5.66. The van der Waals surface area contributed by atoms with Gasteiger partial charge < -0.3 is 15.1 Å². The quantitative estimate of drug-likeness (QED) is 0.886. The van der Waals surface area contributed by atoms with Crippen LogP contribution in [0.15, 0.2) is 23.9 Å². The number of hydrogen-bond acceptors (Lipinski definition) is 4. The molecular weight excluding hydrogens is 305 g/mol. The number of aromatic carboxylic acids is 1. The van der Waals surface area contributed by atoms with E-state index in [-0.39, 0.29) is 25.1 Å². The van der Waals surface area contributed by atoms with E-state index in [4.69, 9.17) is 10.2 Å². The molecule has 0 aliphatic carbocycles. The first-order valence-corrected chi connectivity index (χ1v) is 6.18. The van der Waals surface area contributed by atoms with E-state index in [2.05, 4.69) is 4.98 Å². The molecule has 1 aliphatic heterocycles. The van der Waals surface area contributed by atoms with Crippen LogP contribution >= 0.6 is 0 Å². The predicted molar refractivity (Wildman–Crippen MR) is 68.7 cm³/mol. The van der Waals surface area contributed by atoms with Crippen molar-refractivity contribution in [3.05, 3.63) is 35.0 Å². The minimum Gasteiger partial charge on any atom is -0.478 e. The first-order chi connectivity index (χ1) is 10.2. The smallest absolute Gasteiger partial charge is 0.420 e. The molecule has 0 amide bonds. The fraction of sp³-hybridized carbons (Fsp3) is 0.308. The SMILES string of the molecule is O=C(O)C1=CCN(c2nccc(C(=O)O)c2C(F)(F)F)CC1. The van der Waals surface area contributed by atoms with E-state index in [0.29, 0.717) is 0 Å². The predicted octanol–water partition coefficient (Wildman–Crippen LogP) is 2.02. The van der Waals surface area contributed by atoms with E-state index >= 15 is 0 Å².